The SMILES string of the molecule is CCC(=O)N1C2CCC1CN(CCC(=O)c1ccccc1)C2.Cl. The normalized spacial score (nSPS) is 23.4. The second-order valence-corrected chi connectivity index (χ2v) is 6.34. The first kappa shape index (κ1) is 18.0. The van der Waals surface area contributed by atoms with Crippen LogP contribution in [0.4, 0.5) is 0 Å². The average molecular weight is 337 g/mol. The van der Waals surface area contributed by atoms with Crippen LogP contribution < -0.4 is 0 Å². The monoisotopic (exact) mass is 336 g/mol. The Balaban J connectivity index is 0.00000192. The van der Waals surface area contributed by atoms with Crippen LogP contribution in [0.15, 0.2) is 30.3 Å². The van der Waals surface area contributed by atoms with Crippen molar-refractivity contribution in [3.8, 4) is 0 Å². The van der Waals surface area contributed by atoms with E-state index < -0.39 is 0 Å². The molecule has 126 valence electrons. The Kier molecular flexibility index (Phi) is 6.19. The summed E-state index contributed by atoms with van der Waals surface area (Å²) in [5.41, 5.74) is 0.797. The third-order valence-electron chi connectivity index (χ3n) is 4.90. The summed E-state index contributed by atoms with van der Waals surface area (Å²) in [5, 5.41) is 0. The number of Topliss-reactive ketones (excluding diaryl/α,β-unsaturated/α-hetero) is 1. The van der Waals surface area contributed by atoms with E-state index in [1.54, 1.807) is 0 Å². The molecule has 4 nitrogen and oxygen atoms in total. The van der Waals surface area contributed by atoms with Gasteiger partial charge in [0.2, 0.25) is 5.91 Å². The molecule has 2 fully saturated rings. The predicted octanol–water partition coefficient (Wildman–Crippen LogP) is 2.77. The molecule has 2 unspecified atom stereocenters. The number of piperazine rings is 1. The number of hydrogen-bond donors (Lipinski definition) is 0. The molecule has 0 N–H and O–H groups in total. The van der Waals surface area contributed by atoms with Gasteiger partial charge >= 0.3 is 0 Å². The second kappa shape index (κ2) is 7.93. The van der Waals surface area contributed by atoms with Crippen LogP contribution >= 0.6 is 12.4 Å². The molecule has 0 saturated carbocycles. The van der Waals surface area contributed by atoms with Gasteiger partial charge in [-0.15, -0.1) is 12.4 Å². The fraction of sp³-hybridized carbons (Fsp3) is 0.556. The largest absolute Gasteiger partial charge is 0.334 e. The van der Waals surface area contributed by atoms with E-state index in [2.05, 4.69) is 9.80 Å². The third kappa shape index (κ3) is 3.93. The summed E-state index contributed by atoms with van der Waals surface area (Å²) in [6.07, 6.45) is 3.38. The highest BCUT2D eigenvalue weighted by atomic mass is 35.5. The molecule has 2 heterocycles. The van der Waals surface area contributed by atoms with Crippen LogP contribution in [0.1, 0.15) is 43.0 Å². The van der Waals surface area contributed by atoms with Crippen LogP contribution in [0.25, 0.3) is 0 Å². The predicted molar refractivity (Wildman–Crippen MR) is 93.0 cm³/mol. The van der Waals surface area contributed by atoms with Gasteiger partial charge in [0.05, 0.1) is 0 Å². The van der Waals surface area contributed by atoms with Crippen molar-refractivity contribution in [3.63, 3.8) is 0 Å². The first-order valence-electron chi connectivity index (χ1n) is 8.30. The Morgan fingerprint density at radius 2 is 1.70 bits per heavy atom. The molecule has 0 aromatic heterocycles. The number of hydrogen-bond acceptors (Lipinski definition) is 3. The standard InChI is InChI=1S/C18H24N2O2.ClH/c1-2-18(22)20-15-8-9-16(20)13-19(12-15)11-10-17(21)14-6-4-3-5-7-14;/h3-7,15-16H,2,8-13H2,1H3;1H. The van der Waals surface area contributed by atoms with E-state index in [-0.39, 0.29) is 24.1 Å². The Bertz CT molecular complexity index is 535. The van der Waals surface area contributed by atoms with E-state index in [1.165, 1.54) is 0 Å². The Morgan fingerprint density at radius 3 is 2.26 bits per heavy atom. The summed E-state index contributed by atoms with van der Waals surface area (Å²) in [5.74, 6) is 0.493. The minimum Gasteiger partial charge on any atom is -0.334 e. The van der Waals surface area contributed by atoms with Crippen molar-refractivity contribution in [3.05, 3.63) is 35.9 Å². The lowest BCUT2D eigenvalue weighted by Crippen LogP contribution is -2.55. The highest BCUT2D eigenvalue weighted by Gasteiger charge is 2.41. The summed E-state index contributed by atoms with van der Waals surface area (Å²) < 4.78 is 0. The summed E-state index contributed by atoms with van der Waals surface area (Å²) in [4.78, 5) is 28.7. The van der Waals surface area contributed by atoms with Gasteiger partial charge in [0, 0.05) is 50.1 Å². The molecule has 0 aliphatic carbocycles. The lowest BCUT2D eigenvalue weighted by Gasteiger charge is -2.41. The van der Waals surface area contributed by atoms with Crippen molar-refractivity contribution < 1.29 is 9.59 Å². The van der Waals surface area contributed by atoms with Crippen molar-refractivity contribution in [1.82, 2.24) is 9.80 Å². The van der Waals surface area contributed by atoms with Crippen molar-refractivity contribution in [1.29, 1.82) is 0 Å². The average Bonchev–Trinajstić information content (AvgIpc) is 2.83. The molecule has 2 aliphatic heterocycles. The molecule has 23 heavy (non-hydrogen) atoms. The minimum absolute atomic E-state index is 0. The van der Waals surface area contributed by atoms with Crippen LogP contribution in [0.3, 0.4) is 0 Å². The second-order valence-electron chi connectivity index (χ2n) is 6.34. The topological polar surface area (TPSA) is 40.6 Å². The van der Waals surface area contributed by atoms with Crippen molar-refractivity contribution in [2.24, 2.45) is 0 Å². The lowest BCUT2D eigenvalue weighted by molar-refractivity contribution is -0.136. The zero-order chi connectivity index (χ0) is 15.5. The van der Waals surface area contributed by atoms with Crippen molar-refractivity contribution >= 4 is 24.1 Å². The highest BCUT2D eigenvalue weighted by Crippen LogP contribution is 2.30. The van der Waals surface area contributed by atoms with Gasteiger partial charge in [-0.05, 0) is 12.8 Å². The van der Waals surface area contributed by atoms with Crippen molar-refractivity contribution in [2.45, 2.75) is 44.7 Å². The maximum Gasteiger partial charge on any atom is 0.222 e. The molecule has 1 amide bonds. The van der Waals surface area contributed by atoms with E-state index in [4.69, 9.17) is 0 Å². The van der Waals surface area contributed by atoms with Gasteiger partial charge in [0.15, 0.2) is 5.78 Å². The fourth-order valence-electron chi connectivity index (χ4n) is 3.79. The van der Waals surface area contributed by atoms with Gasteiger partial charge in [0.25, 0.3) is 0 Å². The molecule has 2 atom stereocenters. The summed E-state index contributed by atoms with van der Waals surface area (Å²) in [7, 11) is 0. The molecular weight excluding hydrogens is 312 g/mol. The lowest BCUT2D eigenvalue weighted by atomic mass is 10.1. The van der Waals surface area contributed by atoms with E-state index in [1.807, 2.05) is 37.3 Å². The fourth-order valence-corrected chi connectivity index (χ4v) is 3.79. The number of halogens is 1. The molecular formula is C18H25ClN2O2. The molecule has 0 radical (unpaired) electrons. The summed E-state index contributed by atoms with van der Waals surface area (Å²) in [6.45, 7) is 4.58. The number of fused-ring (bicyclic) bond motifs is 2. The molecule has 3 rings (SSSR count). The Hall–Kier alpha value is -1.39. The van der Waals surface area contributed by atoms with Crippen LogP contribution in [0, 0.1) is 0 Å². The Morgan fingerprint density at radius 1 is 1.09 bits per heavy atom. The van der Waals surface area contributed by atoms with Gasteiger partial charge in [-0.25, -0.2) is 0 Å². The van der Waals surface area contributed by atoms with Crippen LogP contribution in [0.5, 0.6) is 0 Å². The number of amides is 1. The zero-order valence-corrected chi connectivity index (χ0v) is 14.4. The Labute approximate surface area is 144 Å². The van der Waals surface area contributed by atoms with E-state index in [9.17, 15) is 9.59 Å². The molecule has 0 spiro atoms. The maximum atomic E-state index is 12.2. The molecule has 1 aromatic carbocycles. The number of ketones is 1. The molecule has 5 heteroatoms. The number of rotatable bonds is 5. The third-order valence-corrected chi connectivity index (χ3v) is 4.90. The van der Waals surface area contributed by atoms with Crippen LogP contribution in [-0.2, 0) is 4.79 Å². The van der Waals surface area contributed by atoms with Gasteiger partial charge in [0.1, 0.15) is 0 Å². The summed E-state index contributed by atoms with van der Waals surface area (Å²) >= 11 is 0. The number of benzene rings is 1. The molecule has 2 saturated heterocycles. The number of nitrogens with zero attached hydrogens (tertiary/aromatic N) is 2. The first-order valence-corrected chi connectivity index (χ1v) is 8.30. The van der Waals surface area contributed by atoms with Gasteiger partial charge in [-0.2, -0.15) is 0 Å². The van der Waals surface area contributed by atoms with Gasteiger partial charge in [-0.3, -0.25) is 14.5 Å². The molecule has 1 aromatic rings. The van der Waals surface area contributed by atoms with Crippen LogP contribution in [-0.4, -0.2) is 53.2 Å². The molecule has 2 bridgehead atoms. The number of carbonyl (C=O) groups is 2. The van der Waals surface area contributed by atoms with Crippen molar-refractivity contribution in [2.75, 3.05) is 19.6 Å². The maximum absolute atomic E-state index is 12.2. The number of carbonyl (C=O) groups excluding carboxylic acids is 2. The number of likely N-dealkylation sites (tertiary alicyclic amines) is 1. The zero-order valence-electron chi connectivity index (χ0n) is 13.6. The first-order chi connectivity index (χ1) is 10.7. The summed E-state index contributed by atoms with van der Waals surface area (Å²) in [6, 6.07) is 10.2. The minimum atomic E-state index is 0. The molecule has 2 aliphatic rings. The van der Waals surface area contributed by atoms with Gasteiger partial charge < -0.3 is 4.90 Å². The van der Waals surface area contributed by atoms with Gasteiger partial charge in [-0.1, -0.05) is 37.3 Å². The van der Waals surface area contributed by atoms with E-state index >= 15 is 0 Å². The smallest absolute Gasteiger partial charge is 0.222 e. The van der Waals surface area contributed by atoms with E-state index in [0.29, 0.717) is 24.9 Å². The highest BCUT2D eigenvalue weighted by molar-refractivity contribution is 5.96. The van der Waals surface area contributed by atoms with Crippen LogP contribution in [0.2, 0.25) is 0 Å². The van der Waals surface area contributed by atoms with E-state index in [0.717, 1.165) is 38.0 Å². The quantitative estimate of drug-likeness (QED) is 0.776.